The standard InChI is InChI=1S/C10H16O5/c1-7(2)8(14-3)6-15-10(13)5-4-9(11)12/h4-5,7-8H,6H2,1-3H3,(H,11,12)/b5-4+. The van der Waals surface area contributed by atoms with Crippen molar-refractivity contribution >= 4 is 11.9 Å². The van der Waals surface area contributed by atoms with E-state index in [-0.39, 0.29) is 18.6 Å². The van der Waals surface area contributed by atoms with Crippen LogP contribution in [0.3, 0.4) is 0 Å². The Morgan fingerprint density at radius 3 is 2.33 bits per heavy atom. The molecule has 1 atom stereocenters. The molecule has 0 radical (unpaired) electrons. The highest BCUT2D eigenvalue weighted by Crippen LogP contribution is 2.05. The van der Waals surface area contributed by atoms with Crippen LogP contribution >= 0.6 is 0 Å². The van der Waals surface area contributed by atoms with Crippen molar-refractivity contribution in [2.75, 3.05) is 13.7 Å². The average molecular weight is 216 g/mol. The van der Waals surface area contributed by atoms with Crippen LogP contribution in [-0.2, 0) is 19.1 Å². The highest BCUT2D eigenvalue weighted by atomic mass is 16.6. The molecule has 0 saturated carbocycles. The fourth-order valence-corrected chi connectivity index (χ4v) is 0.884. The van der Waals surface area contributed by atoms with Gasteiger partial charge in [0.15, 0.2) is 0 Å². The van der Waals surface area contributed by atoms with Crippen molar-refractivity contribution in [1.29, 1.82) is 0 Å². The first-order chi connectivity index (χ1) is 6.97. The van der Waals surface area contributed by atoms with Gasteiger partial charge in [-0.3, -0.25) is 0 Å². The van der Waals surface area contributed by atoms with E-state index in [1.54, 1.807) is 0 Å². The second-order valence-electron chi connectivity index (χ2n) is 3.32. The number of esters is 1. The molecule has 0 amide bonds. The summed E-state index contributed by atoms with van der Waals surface area (Å²) in [7, 11) is 1.53. The summed E-state index contributed by atoms with van der Waals surface area (Å²) < 4.78 is 9.86. The number of carboxylic acid groups (broad SMARTS) is 1. The minimum Gasteiger partial charge on any atom is -0.478 e. The Kier molecular flexibility index (Phi) is 6.37. The number of hydrogen-bond donors (Lipinski definition) is 1. The van der Waals surface area contributed by atoms with E-state index in [0.717, 1.165) is 12.2 Å². The van der Waals surface area contributed by atoms with Crippen molar-refractivity contribution in [3.05, 3.63) is 12.2 Å². The fraction of sp³-hybridized carbons (Fsp3) is 0.600. The van der Waals surface area contributed by atoms with Gasteiger partial charge in [0, 0.05) is 19.3 Å². The maximum atomic E-state index is 11.0. The van der Waals surface area contributed by atoms with Gasteiger partial charge in [-0.2, -0.15) is 0 Å². The predicted octanol–water partition coefficient (Wildman–Crippen LogP) is 0.841. The minimum atomic E-state index is -1.18. The lowest BCUT2D eigenvalue weighted by atomic mass is 10.1. The SMILES string of the molecule is COC(COC(=O)/C=C/C(=O)O)C(C)C. The van der Waals surface area contributed by atoms with Crippen LogP contribution in [-0.4, -0.2) is 36.9 Å². The molecule has 5 nitrogen and oxygen atoms in total. The monoisotopic (exact) mass is 216 g/mol. The molecule has 0 aliphatic heterocycles. The Labute approximate surface area is 88.7 Å². The summed E-state index contributed by atoms with van der Waals surface area (Å²) in [6.07, 6.45) is 1.43. The van der Waals surface area contributed by atoms with Crippen LogP contribution in [0, 0.1) is 5.92 Å². The van der Waals surface area contributed by atoms with Crippen molar-refractivity contribution in [3.63, 3.8) is 0 Å². The van der Waals surface area contributed by atoms with Gasteiger partial charge in [0.25, 0.3) is 0 Å². The van der Waals surface area contributed by atoms with Crippen LogP contribution in [0.4, 0.5) is 0 Å². The molecule has 0 heterocycles. The number of methoxy groups -OCH3 is 1. The van der Waals surface area contributed by atoms with E-state index in [1.807, 2.05) is 13.8 Å². The topological polar surface area (TPSA) is 72.8 Å². The van der Waals surface area contributed by atoms with E-state index in [1.165, 1.54) is 7.11 Å². The van der Waals surface area contributed by atoms with Gasteiger partial charge < -0.3 is 14.6 Å². The number of ether oxygens (including phenoxy) is 2. The highest BCUT2D eigenvalue weighted by molar-refractivity contribution is 5.90. The van der Waals surface area contributed by atoms with E-state index in [9.17, 15) is 9.59 Å². The van der Waals surface area contributed by atoms with Crippen molar-refractivity contribution in [2.24, 2.45) is 5.92 Å². The third kappa shape index (κ3) is 6.68. The highest BCUT2D eigenvalue weighted by Gasteiger charge is 2.13. The van der Waals surface area contributed by atoms with E-state index < -0.39 is 11.9 Å². The van der Waals surface area contributed by atoms with Crippen LogP contribution in [0.2, 0.25) is 0 Å². The second kappa shape index (κ2) is 7.00. The lowest BCUT2D eigenvalue weighted by molar-refractivity contribution is -0.142. The molecule has 0 rings (SSSR count). The number of carbonyl (C=O) groups is 2. The number of carbonyl (C=O) groups excluding carboxylic acids is 1. The van der Waals surface area contributed by atoms with Gasteiger partial charge in [0.2, 0.25) is 0 Å². The molecule has 0 aromatic heterocycles. The number of carboxylic acids is 1. The van der Waals surface area contributed by atoms with Crippen LogP contribution in [0.1, 0.15) is 13.8 Å². The first kappa shape index (κ1) is 13.6. The molecule has 15 heavy (non-hydrogen) atoms. The van der Waals surface area contributed by atoms with Gasteiger partial charge in [0.05, 0.1) is 6.10 Å². The normalized spacial score (nSPS) is 13.1. The fourth-order valence-electron chi connectivity index (χ4n) is 0.884. The van der Waals surface area contributed by atoms with Crippen LogP contribution in [0.25, 0.3) is 0 Å². The molecule has 0 aliphatic rings. The van der Waals surface area contributed by atoms with Gasteiger partial charge in [-0.15, -0.1) is 0 Å². The lowest BCUT2D eigenvalue weighted by Crippen LogP contribution is -2.25. The van der Waals surface area contributed by atoms with Crippen LogP contribution in [0.5, 0.6) is 0 Å². The maximum Gasteiger partial charge on any atom is 0.331 e. The summed E-state index contributed by atoms with van der Waals surface area (Å²) in [6, 6.07) is 0. The maximum absolute atomic E-state index is 11.0. The Bertz CT molecular complexity index is 244. The summed E-state index contributed by atoms with van der Waals surface area (Å²) in [5.41, 5.74) is 0. The molecule has 0 spiro atoms. The first-order valence-electron chi connectivity index (χ1n) is 4.58. The van der Waals surface area contributed by atoms with Gasteiger partial charge in [-0.05, 0) is 5.92 Å². The quantitative estimate of drug-likeness (QED) is 0.526. The zero-order valence-electron chi connectivity index (χ0n) is 9.10. The molecule has 5 heteroatoms. The van der Waals surface area contributed by atoms with Gasteiger partial charge in [-0.1, -0.05) is 13.8 Å². The zero-order valence-corrected chi connectivity index (χ0v) is 9.10. The van der Waals surface area contributed by atoms with Crippen LogP contribution < -0.4 is 0 Å². The Morgan fingerprint density at radius 1 is 1.33 bits per heavy atom. The van der Waals surface area contributed by atoms with Crippen molar-refractivity contribution < 1.29 is 24.2 Å². The third-order valence-corrected chi connectivity index (χ3v) is 1.80. The summed E-state index contributed by atoms with van der Waals surface area (Å²) in [4.78, 5) is 21.0. The van der Waals surface area contributed by atoms with E-state index >= 15 is 0 Å². The molecule has 86 valence electrons. The largest absolute Gasteiger partial charge is 0.478 e. The van der Waals surface area contributed by atoms with Crippen molar-refractivity contribution in [2.45, 2.75) is 20.0 Å². The molecule has 0 aromatic carbocycles. The number of hydrogen-bond acceptors (Lipinski definition) is 4. The average Bonchev–Trinajstić information content (AvgIpc) is 2.15. The summed E-state index contributed by atoms with van der Waals surface area (Å²) in [6.45, 7) is 4.00. The Morgan fingerprint density at radius 2 is 1.93 bits per heavy atom. The second-order valence-corrected chi connectivity index (χ2v) is 3.32. The third-order valence-electron chi connectivity index (χ3n) is 1.80. The van der Waals surface area contributed by atoms with Gasteiger partial charge in [0.1, 0.15) is 6.61 Å². The molecule has 1 N–H and O–H groups in total. The predicted molar refractivity (Wildman–Crippen MR) is 53.4 cm³/mol. The summed E-state index contributed by atoms with van der Waals surface area (Å²) in [5.74, 6) is -1.63. The molecule has 0 bridgehead atoms. The molecule has 0 saturated heterocycles. The van der Waals surface area contributed by atoms with Crippen molar-refractivity contribution in [1.82, 2.24) is 0 Å². The van der Waals surface area contributed by atoms with Crippen LogP contribution in [0.15, 0.2) is 12.2 Å². The molecule has 0 aromatic rings. The van der Waals surface area contributed by atoms with Crippen molar-refractivity contribution in [3.8, 4) is 0 Å². The van der Waals surface area contributed by atoms with E-state index in [2.05, 4.69) is 0 Å². The zero-order chi connectivity index (χ0) is 11.8. The molecule has 0 aliphatic carbocycles. The number of rotatable bonds is 6. The molecular formula is C10H16O5. The lowest BCUT2D eigenvalue weighted by Gasteiger charge is -2.18. The molecular weight excluding hydrogens is 200 g/mol. The first-order valence-corrected chi connectivity index (χ1v) is 4.58. The minimum absolute atomic E-state index is 0.122. The van der Waals surface area contributed by atoms with Gasteiger partial charge >= 0.3 is 11.9 Å². The van der Waals surface area contributed by atoms with E-state index in [0.29, 0.717) is 0 Å². The molecule has 1 unspecified atom stereocenters. The van der Waals surface area contributed by atoms with Gasteiger partial charge in [-0.25, -0.2) is 9.59 Å². The van der Waals surface area contributed by atoms with E-state index in [4.69, 9.17) is 14.6 Å². The number of aliphatic carboxylic acids is 1. The summed E-state index contributed by atoms with van der Waals surface area (Å²) in [5, 5.41) is 8.25. The summed E-state index contributed by atoms with van der Waals surface area (Å²) >= 11 is 0. The smallest absolute Gasteiger partial charge is 0.331 e. The molecule has 0 fully saturated rings. The Hall–Kier alpha value is -1.36. The Balaban J connectivity index is 3.93.